The van der Waals surface area contributed by atoms with Crippen LogP contribution in [0.5, 0.6) is 11.5 Å². The molecule has 0 aliphatic carbocycles. The fraction of sp³-hybridized carbons (Fsp3) is 0.556. The first kappa shape index (κ1) is 16.4. The molecule has 4 rings (SSSR count). The third kappa shape index (κ3) is 3.09. The fourth-order valence-electron chi connectivity index (χ4n) is 3.66. The van der Waals surface area contributed by atoms with Gasteiger partial charge in [-0.3, -0.25) is 4.90 Å². The van der Waals surface area contributed by atoms with Crippen molar-refractivity contribution < 1.29 is 14.6 Å². The average molecular weight is 344 g/mol. The molecule has 134 valence electrons. The highest BCUT2D eigenvalue weighted by Crippen LogP contribution is 2.36. The molecule has 2 aliphatic rings. The smallest absolute Gasteiger partial charge is 0.158 e. The lowest BCUT2D eigenvalue weighted by molar-refractivity contribution is 0.196. The maximum atomic E-state index is 9.32. The molecule has 0 saturated carbocycles. The van der Waals surface area contributed by atoms with Gasteiger partial charge in [-0.25, -0.2) is 0 Å². The van der Waals surface area contributed by atoms with Crippen LogP contribution in [0.3, 0.4) is 0 Å². The molecule has 0 radical (unpaired) electrons. The van der Waals surface area contributed by atoms with Crippen molar-refractivity contribution in [2.45, 2.75) is 52.6 Å². The van der Waals surface area contributed by atoms with Gasteiger partial charge in [-0.2, -0.15) is 0 Å². The van der Waals surface area contributed by atoms with Gasteiger partial charge in [-0.1, -0.05) is 0 Å². The summed E-state index contributed by atoms with van der Waals surface area (Å²) in [5.74, 6) is 3.47. The van der Waals surface area contributed by atoms with Crippen molar-refractivity contribution in [3.8, 4) is 11.5 Å². The first-order valence-electron chi connectivity index (χ1n) is 8.87. The number of aliphatic hydroxyl groups is 1. The second kappa shape index (κ2) is 6.65. The van der Waals surface area contributed by atoms with Gasteiger partial charge in [0.1, 0.15) is 30.0 Å². The van der Waals surface area contributed by atoms with Crippen LogP contribution in [0.2, 0.25) is 0 Å². The van der Waals surface area contributed by atoms with Crippen LogP contribution in [0.25, 0.3) is 0 Å². The third-order valence-corrected chi connectivity index (χ3v) is 4.82. The molecule has 1 atom stereocenters. The predicted molar refractivity (Wildman–Crippen MR) is 91.5 cm³/mol. The van der Waals surface area contributed by atoms with E-state index in [-0.39, 0.29) is 12.7 Å². The van der Waals surface area contributed by atoms with Gasteiger partial charge in [0.25, 0.3) is 0 Å². The Morgan fingerprint density at radius 2 is 2.20 bits per heavy atom. The van der Waals surface area contributed by atoms with Crippen molar-refractivity contribution in [2.24, 2.45) is 0 Å². The van der Waals surface area contributed by atoms with Crippen LogP contribution in [0.1, 0.15) is 36.6 Å². The van der Waals surface area contributed by atoms with E-state index in [2.05, 4.69) is 34.2 Å². The van der Waals surface area contributed by atoms with Gasteiger partial charge in [0.2, 0.25) is 0 Å². The molecule has 0 unspecified atom stereocenters. The van der Waals surface area contributed by atoms with Gasteiger partial charge in [-0.05, 0) is 26.0 Å². The van der Waals surface area contributed by atoms with Crippen molar-refractivity contribution >= 4 is 0 Å². The van der Waals surface area contributed by atoms with E-state index in [1.807, 2.05) is 11.5 Å². The molecular weight excluding hydrogens is 320 g/mol. The van der Waals surface area contributed by atoms with Gasteiger partial charge >= 0.3 is 0 Å². The third-order valence-electron chi connectivity index (χ3n) is 4.82. The summed E-state index contributed by atoms with van der Waals surface area (Å²) in [7, 11) is 0. The summed E-state index contributed by atoms with van der Waals surface area (Å²) in [6.45, 7) is 7.86. The van der Waals surface area contributed by atoms with Gasteiger partial charge in [0.15, 0.2) is 5.82 Å². The van der Waals surface area contributed by atoms with Crippen molar-refractivity contribution in [3.63, 3.8) is 0 Å². The number of hydrogen-bond acceptors (Lipinski definition) is 6. The highest BCUT2D eigenvalue weighted by atomic mass is 16.5. The summed E-state index contributed by atoms with van der Waals surface area (Å²) in [6, 6.07) is 4.26. The van der Waals surface area contributed by atoms with E-state index in [9.17, 15) is 5.11 Å². The molecule has 0 fully saturated rings. The first-order valence-corrected chi connectivity index (χ1v) is 8.87. The zero-order valence-electron chi connectivity index (χ0n) is 14.7. The van der Waals surface area contributed by atoms with E-state index < -0.39 is 0 Å². The van der Waals surface area contributed by atoms with E-state index in [1.165, 1.54) is 5.56 Å². The number of rotatable bonds is 5. The molecular formula is C18H24N4O3. The highest BCUT2D eigenvalue weighted by molar-refractivity contribution is 5.48. The lowest BCUT2D eigenvalue weighted by Crippen LogP contribution is -2.34. The molecule has 0 saturated heterocycles. The van der Waals surface area contributed by atoms with Crippen LogP contribution < -0.4 is 9.47 Å². The number of ether oxygens (including phenoxy) is 2. The molecule has 1 N–H and O–H groups in total. The lowest BCUT2D eigenvalue weighted by Gasteiger charge is -2.28. The summed E-state index contributed by atoms with van der Waals surface area (Å²) in [4.78, 5) is 2.33. The second-order valence-corrected chi connectivity index (χ2v) is 6.69. The van der Waals surface area contributed by atoms with Crippen LogP contribution >= 0.6 is 0 Å². The molecule has 1 aromatic heterocycles. The van der Waals surface area contributed by atoms with Crippen LogP contribution in [0.4, 0.5) is 0 Å². The SMILES string of the molecule is CCOc1cc2c(cc1CN1CCn3c(CO)nnc3C1)O[C@@H](C)C2. The highest BCUT2D eigenvalue weighted by Gasteiger charge is 2.25. The Hall–Kier alpha value is -2.12. The second-order valence-electron chi connectivity index (χ2n) is 6.69. The monoisotopic (exact) mass is 344 g/mol. The van der Waals surface area contributed by atoms with E-state index in [4.69, 9.17) is 9.47 Å². The normalized spacial score (nSPS) is 19.4. The standard InChI is InChI=1S/C18H24N4O3/c1-3-24-15-7-13-6-12(2)25-16(13)8-14(15)9-21-4-5-22-17(10-21)19-20-18(22)11-23/h7-8,12,23H,3-6,9-11H2,1-2H3/t12-/m0/s1. The maximum Gasteiger partial charge on any atom is 0.158 e. The number of aliphatic hydroxyl groups excluding tert-OH is 1. The minimum absolute atomic E-state index is 0.0676. The molecule has 0 bridgehead atoms. The van der Waals surface area contributed by atoms with E-state index in [0.29, 0.717) is 19.0 Å². The largest absolute Gasteiger partial charge is 0.494 e. The Morgan fingerprint density at radius 3 is 3.00 bits per heavy atom. The number of nitrogens with zero attached hydrogens (tertiary/aromatic N) is 4. The maximum absolute atomic E-state index is 9.32. The van der Waals surface area contributed by atoms with Crippen molar-refractivity contribution in [1.82, 2.24) is 19.7 Å². The summed E-state index contributed by atoms with van der Waals surface area (Å²) in [5, 5.41) is 17.6. The van der Waals surface area contributed by atoms with Crippen molar-refractivity contribution in [1.29, 1.82) is 0 Å². The molecule has 7 nitrogen and oxygen atoms in total. The van der Waals surface area contributed by atoms with Gasteiger partial charge in [0.05, 0.1) is 13.2 Å². The van der Waals surface area contributed by atoms with Crippen molar-refractivity contribution in [3.05, 3.63) is 34.9 Å². The molecule has 2 aliphatic heterocycles. The molecule has 1 aromatic carbocycles. The number of hydrogen-bond donors (Lipinski definition) is 1. The summed E-state index contributed by atoms with van der Waals surface area (Å²) in [5.41, 5.74) is 2.37. The number of fused-ring (bicyclic) bond motifs is 2. The quantitative estimate of drug-likeness (QED) is 0.886. The molecule has 7 heteroatoms. The lowest BCUT2D eigenvalue weighted by atomic mass is 10.1. The molecule has 2 aromatic rings. The van der Waals surface area contributed by atoms with Crippen LogP contribution in [-0.4, -0.2) is 44.0 Å². The zero-order chi connectivity index (χ0) is 17.4. The fourth-order valence-corrected chi connectivity index (χ4v) is 3.66. The van der Waals surface area contributed by atoms with Gasteiger partial charge < -0.3 is 19.1 Å². The molecule has 0 spiro atoms. The Bertz CT molecular complexity index is 774. The zero-order valence-corrected chi connectivity index (χ0v) is 14.7. The van der Waals surface area contributed by atoms with Crippen LogP contribution in [0, 0.1) is 0 Å². The Labute approximate surface area is 147 Å². The Balaban J connectivity index is 1.55. The number of benzene rings is 1. The van der Waals surface area contributed by atoms with E-state index in [0.717, 1.165) is 48.9 Å². The molecule has 3 heterocycles. The first-order chi connectivity index (χ1) is 12.2. The minimum Gasteiger partial charge on any atom is -0.494 e. The molecule has 0 amide bonds. The van der Waals surface area contributed by atoms with Crippen LogP contribution in [0.15, 0.2) is 12.1 Å². The summed E-state index contributed by atoms with van der Waals surface area (Å²) >= 11 is 0. The number of aromatic nitrogens is 3. The van der Waals surface area contributed by atoms with Crippen LogP contribution in [-0.2, 0) is 32.7 Å². The molecule has 25 heavy (non-hydrogen) atoms. The van der Waals surface area contributed by atoms with Crippen molar-refractivity contribution in [2.75, 3.05) is 13.2 Å². The van der Waals surface area contributed by atoms with E-state index >= 15 is 0 Å². The van der Waals surface area contributed by atoms with Gasteiger partial charge in [-0.15, -0.1) is 10.2 Å². The minimum atomic E-state index is -0.0676. The van der Waals surface area contributed by atoms with E-state index in [1.54, 1.807) is 0 Å². The van der Waals surface area contributed by atoms with Gasteiger partial charge in [0, 0.05) is 37.2 Å². The average Bonchev–Trinajstić information content (AvgIpc) is 3.16. The Morgan fingerprint density at radius 1 is 1.32 bits per heavy atom. The topological polar surface area (TPSA) is 72.6 Å². The summed E-state index contributed by atoms with van der Waals surface area (Å²) in [6.07, 6.45) is 1.16. The summed E-state index contributed by atoms with van der Waals surface area (Å²) < 4.78 is 13.8. The Kier molecular flexibility index (Phi) is 4.35. The predicted octanol–water partition coefficient (Wildman–Crippen LogP) is 1.51.